The van der Waals surface area contributed by atoms with Gasteiger partial charge in [-0.3, -0.25) is 9.78 Å². The molecular weight excluding hydrogens is 300 g/mol. The van der Waals surface area contributed by atoms with E-state index in [1.54, 1.807) is 40.8 Å². The Balaban J connectivity index is 1.90. The topological polar surface area (TPSA) is 33.2 Å². The van der Waals surface area contributed by atoms with Crippen molar-refractivity contribution in [1.82, 2.24) is 9.88 Å². The van der Waals surface area contributed by atoms with Crippen LogP contribution in [-0.4, -0.2) is 34.8 Å². The highest BCUT2D eigenvalue weighted by atomic mass is 32.2. The van der Waals surface area contributed by atoms with Crippen molar-refractivity contribution in [1.29, 1.82) is 0 Å². The van der Waals surface area contributed by atoms with Gasteiger partial charge in [0.15, 0.2) is 0 Å². The van der Waals surface area contributed by atoms with Gasteiger partial charge < -0.3 is 4.90 Å². The van der Waals surface area contributed by atoms with Crippen LogP contribution in [0.25, 0.3) is 0 Å². The van der Waals surface area contributed by atoms with E-state index in [1.807, 2.05) is 31.3 Å². The number of benzene rings is 1. The molecule has 21 heavy (non-hydrogen) atoms. The van der Waals surface area contributed by atoms with E-state index in [-0.39, 0.29) is 5.91 Å². The van der Waals surface area contributed by atoms with Gasteiger partial charge in [-0.25, -0.2) is 0 Å². The summed E-state index contributed by atoms with van der Waals surface area (Å²) in [6, 6.07) is 12.0. The van der Waals surface area contributed by atoms with Gasteiger partial charge >= 0.3 is 0 Å². The third-order valence-corrected chi connectivity index (χ3v) is 4.87. The van der Waals surface area contributed by atoms with Crippen LogP contribution in [0.1, 0.15) is 5.56 Å². The van der Waals surface area contributed by atoms with Gasteiger partial charge in [-0.15, -0.1) is 23.5 Å². The van der Waals surface area contributed by atoms with Crippen molar-refractivity contribution in [3.05, 3.63) is 54.4 Å². The van der Waals surface area contributed by atoms with E-state index in [1.165, 1.54) is 10.5 Å². The van der Waals surface area contributed by atoms with E-state index in [2.05, 4.69) is 23.4 Å². The van der Waals surface area contributed by atoms with Gasteiger partial charge in [0.05, 0.1) is 5.75 Å². The monoisotopic (exact) mass is 318 g/mol. The lowest BCUT2D eigenvalue weighted by Crippen LogP contribution is -2.28. The molecule has 2 rings (SSSR count). The van der Waals surface area contributed by atoms with Crippen molar-refractivity contribution in [2.75, 3.05) is 19.1 Å². The van der Waals surface area contributed by atoms with Crippen LogP contribution in [0, 0.1) is 0 Å². The number of aromatic nitrogens is 1. The lowest BCUT2D eigenvalue weighted by Gasteiger charge is -2.18. The predicted molar refractivity (Wildman–Crippen MR) is 89.7 cm³/mol. The predicted octanol–water partition coefficient (Wildman–Crippen LogP) is 3.55. The maximum Gasteiger partial charge on any atom is 0.232 e. The quantitative estimate of drug-likeness (QED) is 0.763. The molecule has 0 bridgehead atoms. The van der Waals surface area contributed by atoms with Gasteiger partial charge in [0.2, 0.25) is 5.91 Å². The van der Waals surface area contributed by atoms with Crippen molar-refractivity contribution < 1.29 is 4.79 Å². The SMILES string of the molecule is CSc1ccccc1CN(C)C(=O)CSc1ccncc1. The van der Waals surface area contributed by atoms with Crippen LogP contribution in [0.3, 0.4) is 0 Å². The number of thioether (sulfide) groups is 2. The first-order valence-electron chi connectivity index (χ1n) is 6.59. The minimum Gasteiger partial charge on any atom is -0.341 e. The van der Waals surface area contributed by atoms with Crippen LogP contribution in [0.15, 0.2) is 58.6 Å². The lowest BCUT2D eigenvalue weighted by molar-refractivity contribution is -0.127. The molecular formula is C16H18N2OS2. The van der Waals surface area contributed by atoms with E-state index in [4.69, 9.17) is 0 Å². The summed E-state index contributed by atoms with van der Waals surface area (Å²) >= 11 is 3.25. The molecule has 110 valence electrons. The van der Waals surface area contributed by atoms with E-state index >= 15 is 0 Å². The summed E-state index contributed by atoms with van der Waals surface area (Å²) in [5.74, 6) is 0.579. The summed E-state index contributed by atoms with van der Waals surface area (Å²) in [7, 11) is 1.85. The van der Waals surface area contributed by atoms with Crippen LogP contribution in [0.2, 0.25) is 0 Å². The summed E-state index contributed by atoms with van der Waals surface area (Å²) < 4.78 is 0. The summed E-state index contributed by atoms with van der Waals surface area (Å²) in [5, 5.41) is 0. The summed E-state index contributed by atoms with van der Waals surface area (Å²) in [6.45, 7) is 0.646. The number of carbonyl (C=O) groups excluding carboxylic acids is 1. The molecule has 1 amide bonds. The fraction of sp³-hybridized carbons (Fsp3) is 0.250. The molecule has 1 aromatic carbocycles. The van der Waals surface area contributed by atoms with E-state index in [0.29, 0.717) is 12.3 Å². The van der Waals surface area contributed by atoms with Crippen LogP contribution < -0.4 is 0 Å². The Morgan fingerprint density at radius 1 is 1.19 bits per heavy atom. The smallest absolute Gasteiger partial charge is 0.232 e. The Morgan fingerprint density at radius 2 is 1.90 bits per heavy atom. The summed E-state index contributed by atoms with van der Waals surface area (Å²) in [4.78, 5) is 20.2. The van der Waals surface area contributed by atoms with Crippen LogP contribution in [0.5, 0.6) is 0 Å². The summed E-state index contributed by atoms with van der Waals surface area (Å²) in [6.07, 6.45) is 5.54. The zero-order valence-corrected chi connectivity index (χ0v) is 13.8. The molecule has 0 aliphatic carbocycles. The second-order valence-electron chi connectivity index (χ2n) is 4.53. The number of carbonyl (C=O) groups is 1. The number of nitrogens with zero attached hydrogens (tertiary/aromatic N) is 2. The van der Waals surface area contributed by atoms with E-state index in [0.717, 1.165) is 4.90 Å². The molecule has 0 unspecified atom stereocenters. The average Bonchev–Trinajstić information content (AvgIpc) is 2.54. The normalized spacial score (nSPS) is 10.4. The third kappa shape index (κ3) is 4.79. The maximum atomic E-state index is 12.2. The molecule has 0 spiro atoms. The van der Waals surface area contributed by atoms with E-state index < -0.39 is 0 Å². The first-order chi connectivity index (χ1) is 10.2. The van der Waals surface area contributed by atoms with Gasteiger partial charge in [-0.2, -0.15) is 0 Å². The van der Waals surface area contributed by atoms with Gasteiger partial charge in [0, 0.05) is 35.8 Å². The van der Waals surface area contributed by atoms with Crippen LogP contribution in [-0.2, 0) is 11.3 Å². The van der Waals surface area contributed by atoms with Gasteiger partial charge in [-0.05, 0) is 30.0 Å². The van der Waals surface area contributed by atoms with Crippen molar-refractivity contribution in [2.24, 2.45) is 0 Å². The number of hydrogen-bond donors (Lipinski definition) is 0. The molecule has 2 aromatic rings. The molecule has 1 heterocycles. The largest absolute Gasteiger partial charge is 0.341 e. The first kappa shape index (κ1) is 15.9. The fourth-order valence-corrected chi connectivity index (χ4v) is 3.30. The maximum absolute atomic E-state index is 12.2. The molecule has 3 nitrogen and oxygen atoms in total. The van der Waals surface area contributed by atoms with Gasteiger partial charge in [0.25, 0.3) is 0 Å². The van der Waals surface area contributed by atoms with Crippen molar-refractivity contribution in [3.63, 3.8) is 0 Å². The first-order valence-corrected chi connectivity index (χ1v) is 8.80. The minimum atomic E-state index is 0.132. The van der Waals surface area contributed by atoms with Crippen LogP contribution >= 0.6 is 23.5 Å². The molecule has 0 radical (unpaired) electrons. The van der Waals surface area contributed by atoms with Crippen molar-refractivity contribution in [3.8, 4) is 0 Å². The Labute approximate surface area is 134 Å². The highest BCUT2D eigenvalue weighted by molar-refractivity contribution is 8.00. The number of rotatable bonds is 6. The Morgan fingerprint density at radius 3 is 2.62 bits per heavy atom. The highest BCUT2D eigenvalue weighted by Gasteiger charge is 2.11. The molecule has 0 atom stereocenters. The lowest BCUT2D eigenvalue weighted by atomic mass is 10.2. The average molecular weight is 318 g/mol. The molecule has 0 fully saturated rings. The summed E-state index contributed by atoms with van der Waals surface area (Å²) in [5.41, 5.74) is 1.19. The van der Waals surface area contributed by atoms with Crippen molar-refractivity contribution in [2.45, 2.75) is 16.3 Å². The molecule has 1 aromatic heterocycles. The highest BCUT2D eigenvalue weighted by Crippen LogP contribution is 2.22. The second-order valence-corrected chi connectivity index (χ2v) is 6.43. The Hall–Kier alpha value is -1.46. The minimum absolute atomic E-state index is 0.132. The van der Waals surface area contributed by atoms with Crippen molar-refractivity contribution >= 4 is 29.4 Å². The molecule has 0 N–H and O–H groups in total. The number of amides is 1. The van der Waals surface area contributed by atoms with Gasteiger partial charge in [0.1, 0.15) is 0 Å². The molecule has 0 saturated heterocycles. The third-order valence-electron chi connectivity index (χ3n) is 3.04. The molecule has 0 aliphatic rings. The molecule has 5 heteroatoms. The Bertz CT molecular complexity index is 590. The van der Waals surface area contributed by atoms with Crippen LogP contribution in [0.4, 0.5) is 0 Å². The van der Waals surface area contributed by atoms with E-state index in [9.17, 15) is 4.79 Å². The number of pyridine rings is 1. The number of hydrogen-bond acceptors (Lipinski definition) is 4. The zero-order chi connectivity index (χ0) is 15.1. The van der Waals surface area contributed by atoms with Gasteiger partial charge in [-0.1, -0.05) is 18.2 Å². The fourth-order valence-electron chi connectivity index (χ4n) is 1.87. The molecule has 0 aliphatic heterocycles. The second kappa shape index (κ2) is 8.10. The molecule has 0 saturated carbocycles. The zero-order valence-electron chi connectivity index (χ0n) is 12.2. The Kier molecular flexibility index (Phi) is 6.14. The standard InChI is InChI=1S/C16H18N2OS2/c1-18(11-13-5-3-4-6-15(13)20-2)16(19)12-21-14-7-9-17-10-8-14/h3-10H,11-12H2,1-2H3.